The number of halogens is 2. The Kier molecular flexibility index (Phi) is 6.52. The SMILES string of the molecule is O=C(COc1ccccc1)N1CCOC2(C1)CN(C(=O)Nc1ccc(F)c(F)c1)CCO2. The summed E-state index contributed by atoms with van der Waals surface area (Å²) in [5.41, 5.74) is 0.133. The number of anilines is 1. The molecule has 1 spiro atoms. The Bertz CT molecular complexity index is 973. The molecule has 2 aliphatic rings. The van der Waals surface area contributed by atoms with E-state index < -0.39 is 23.5 Å². The van der Waals surface area contributed by atoms with Gasteiger partial charge in [-0.15, -0.1) is 0 Å². The van der Waals surface area contributed by atoms with Crippen molar-refractivity contribution in [2.24, 2.45) is 0 Å². The van der Waals surface area contributed by atoms with Gasteiger partial charge in [-0.3, -0.25) is 4.79 Å². The first kappa shape index (κ1) is 22.0. The molecule has 1 atom stereocenters. The zero-order valence-electron chi connectivity index (χ0n) is 17.3. The number of nitrogens with zero attached hydrogens (tertiary/aromatic N) is 2. The fourth-order valence-electron chi connectivity index (χ4n) is 3.61. The predicted molar refractivity (Wildman–Crippen MR) is 110 cm³/mol. The third-order valence-electron chi connectivity index (χ3n) is 5.23. The minimum atomic E-state index is -1.16. The number of urea groups is 1. The minimum Gasteiger partial charge on any atom is -0.484 e. The number of carbonyl (C=O) groups is 2. The van der Waals surface area contributed by atoms with Crippen LogP contribution in [0.4, 0.5) is 19.3 Å². The lowest BCUT2D eigenvalue weighted by Gasteiger charge is -2.47. The number of para-hydroxylation sites is 1. The second kappa shape index (κ2) is 9.49. The topological polar surface area (TPSA) is 80.3 Å². The summed E-state index contributed by atoms with van der Waals surface area (Å²) in [6.07, 6.45) is 0. The number of benzene rings is 2. The van der Waals surface area contributed by atoms with Crippen LogP contribution in [-0.4, -0.2) is 73.5 Å². The monoisotopic (exact) mass is 447 g/mol. The number of hydrogen-bond donors (Lipinski definition) is 1. The molecule has 2 saturated heterocycles. The molecule has 1 unspecified atom stereocenters. The van der Waals surface area contributed by atoms with Gasteiger partial charge in [0, 0.05) is 24.8 Å². The number of rotatable bonds is 4. The molecule has 10 heteroatoms. The summed E-state index contributed by atoms with van der Waals surface area (Å²) >= 11 is 0. The van der Waals surface area contributed by atoms with Gasteiger partial charge >= 0.3 is 6.03 Å². The van der Waals surface area contributed by atoms with Gasteiger partial charge < -0.3 is 29.3 Å². The van der Waals surface area contributed by atoms with Crippen molar-refractivity contribution in [3.8, 4) is 5.75 Å². The van der Waals surface area contributed by atoms with E-state index in [1.54, 1.807) is 17.0 Å². The fourth-order valence-corrected chi connectivity index (χ4v) is 3.61. The van der Waals surface area contributed by atoms with E-state index in [1.807, 2.05) is 18.2 Å². The average Bonchev–Trinajstić information content (AvgIpc) is 2.80. The van der Waals surface area contributed by atoms with Crippen LogP contribution in [0.5, 0.6) is 5.75 Å². The van der Waals surface area contributed by atoms with Crippen molar-refractivity contribution in [3.63, 3.8) is 0 Å². The number of morpholine rings is 2. The summed E-state index contributed by atoms with van der Waals surface area (Å²) in [6.45, 7) is 1.20. The molecule has 0 aliphatic carbocycles. The van der Waals surface area contributed by atoms with E-state index in [-0.39, 0.29) is 51.0 Å². The van der Waals surface area contributed by atoms with E-state index in [0.29, 0.717) is 12.3 Å². The number of carbonyl (C=O) groups excluding carboxylic acids is 2. The maximum Gasteiger partial charge on any atom is 0.322 e. The first-order chi connectivity index (χ1) is 15.4. The molecule has 2 aliphatic heterocycles. The highest BCUT2D eigenvalue weighted by atomic mass is 19.2. The summed E-state index contributed by atoms with van der Waals surface area (Å²) in [5.74, 6) is -2.83. The molecule has 8 nitrogen and oxygen atoms in total. The summed E-state index contributed by atoms with van der Waals surface area (Å²) in [6, 6.07) is 11.7. The van der Waals surface area contributed by atoms with Gasteiger partial charge in [-0.1, -0.05) is 18.2 Å². The molecule has 4 rings (SSSR count). The molecule has 2 aromatic carbocycles. The van der Waals surface area contributed by atoms with Gasteiger partial charge in [-0.05, 0) is 24.3 Å². The highest BCUT2D eigenvalue weighted by Crippen LogP contribution is 2.25. The minimum absolute atomic E-state index is 0.0752. The highest BCUT2D eigenvalue weighted by molar-refractivity contribution is 5.89. The molecule has 3 amide bonds. The third kappa shape index (κ3) is 5.14. The third-order valence-corrected chi connectivity index (χ3v) is 5.23. The molecule has 170 valence electrons. The molecule has 2 fully saturated rings. The van der Waals surface area contributed by atoms with Crippen LogP contribution in [0.3, 0.4) is 0 Å². The van der Waals surface area contributed by atoms with E-state index in [9.17, 15) is 18.4 Å². The fraction of sp³-hybridized carbons (Fsp3) is 0.364. The van der Waals surface area contributed by atoms with Crippen LogP contribution in [0.25, 0.3) is 0 Å². The lowest BCUT2D eigenvalue weighted by atomic mass is 10.1. The van der Waals surface area contributed by atoms with Crippen LogP contribution in [0.1, 0.15) is 0 Å². The maximum absolute atomic E-state index is 13.4. The van der Waals surface area contributed by atoms with Crippen molar-refractivity contribution in [3.05, 3.63) is 60.2 Å². The summed E-state index contributed by atoms with van der Waals surface area (Å²) < 4.78 is 43.7. The average molecular weight is 447 g/mol. The van der Waals surface area contributed by atoms with Gasteiger partial charge in [-0.25, -0.2) is 13.6 Å². The van der Waals surface area contributed by atoms with Crippen molar-refractivity contribution in [1.82, 2.24) is 9.80 Å². The van der Waals surface area contributed by atoms with Gasteiger partial charge in [0.05, 0.1) is 26.3 Å². The number of nitrogens with one attached hydrogen (secondary N) is 1. The number of hydrogen-bond acceptors (Lipinski definition) is 5. The maximum atomic E-state index is 13.4. The van der Waals surface area contributed by atoms with E-state index >= 15 is 0 Å². The summed E-state index contributed by atoms with van der Waals surface area (Å²) in [4.78, 5) is 28.3. The molecular weight excluding hydrogens is 424 g/mol. The summed E-state index contributed by atoms with van der Waals surface area (Å²) in [7, 11) is 0. The van der Waals surface area contributed by atoms with Crippen LogP contribution in [0.2, 0.25) is 0 Å². The second-order valence-electron chi connectivity index (χ2n) is 7.51. The van der Waals surface area contributed by atoms with Crippen molar-refractivity contribution in [2.45, 2.75) is 5.79 Å². The smallest absolute Gasteiger partial charge is 0.322 e. The Balaban J connectivity index is 1.35. The van der Waals surface area contributed by atoms with Crippen molar-refractivity contribution >= 4 is 17.6 Å². The van der Waals surface area contributed by atoms with E-state index in [2.05, 4.69) is 5.32 Å². The van der Waals surface area contributed by atoms with Crippen LogP contribution in [0.15, 0.2) is 48.5 Å². The molecule has 2 heterocycles. The molecule has 1 N–H and O–H groups in total. The number of amides is 3. The van der Waals surface area contributed by atoms with Crippen LogP contribution in [-0.2, 0) is 14.3 Å². The van der Waals surface area contributed by atoms with Gasteiger partial charge in [-0.2, -0.15) is 0 Å². The van der Waals surface area contributed by atoms with Gasteiger partial charge in [0.25, 0.3) is 5.91 Å². The van der Waals surface area contributed by atoms with Crippen LogP contribution < -0.4 is 10.1 Å². The van der Waals surface area contributed by atoms with Crippen molar-refractivity contribution in [1.29, 1.82) is 0 Å². The van der Waals surface area contributed by atoms with E-state index in [1.165, 1.54) is 11.0 Å². The quantitative estimate of drug-likeness (QED) is 0.779. The first-order valence-electron chi connectivity index (χ1n) is 10.2. The lowest BCUT2D eigenvalue weighted by Crippen LogP contribution is -2.64. The zero-order chi connectivity index (χ0) is 22.6. The largest absolute Gasteiger partial charge is 0.484 e. The normalized spacial score (nSPS) is 20.8. The Morgan fingerprint density at radius 3 is 2.38 bits per heavy atom. The molecule has 0 aromatic heterocycles. The Morgan fingerprint density at radius 2 is 1.66 bits per heavy atom. The van der Waals surface area contributed by atoms with E-state index in [0.717, 1.165) is 12.1 Å². The van der Waals surface area contributed by atoms with Gasteiger partial charge in [0.1, 0.15) is 5.75 Å². The van der Waals surface area contributed by atoms with Gasteiger partial charge in [0.2, 0.25) is 5.79 Å². The second-order valence-corrected chi connectivity index (χ2v) is 7.51. The zero-order valence-corrected chi connectivity index (χ0v) is 17.3. The number of ether oxygens (including phenoxy) is 3. The standard InChI is InChI=1S/C22H23F2N3O5/c23-18-7-6-16(12-19(18)24)25-21(29)27-9-11-32-22(15-27)14-26(8-10-31-22)20(28)13-30-17-4-2-1-3-5-17/h1-7,12H,8-11,13-15H2,(H,25,29). The van der Waals surface area contributed by atoms with Crippen LogP contribution >= 0.6 is 0 Å². The van der Waals surface area contributed by atoms with Crippen molar-refractivity contribution in [2.75, 3.05) is 51.3 Å². The predicted octanol–water partition coefficient (Wildman–Crippen LogP) is 2.46. The first-order valence-corrected chi connectivity index (χ1v) is 10.2. The van der Waals surface area contributed by atoms with Crippen molar-refractivity contribution < 1.29 is 32.6 Å². The Labute approximate surface area is 183 Å². The molecule has 32 heavy (non-hydrogen) atoms. The van der Waals surface area contributed by atoms with Gasteiger partial charge in [0.15, 0.2) is 18.2 Å². The molecule has 2 aromatic rings. The van der Waals surface area contributed by atoms with Crippen LogP contribution in [0, 0.1) is 11.6 Å². The molecular formula is C22H23F2N3O5. The lowest BCUT2D eigenvalue weighted by molar-refractivity contribution is -0.284. The Morgan fingerprint density at radius 1 is 0.969 bits per heavy atom. The Hall–Kier alpha value is -3.24. The summed E-state index contributed by atoms with van der Waals surface area (Å²) in [5, 5.41) is 2.54. The molecule has 0 bridgehead atoms. The molecule has 0 saturated carbocycles. The highest BCUT2D eigenvalue weighted by Gasteiger charge is 2.44. The van der Waals surface area contributed by atoms with E-state index in [4.69, 9.17) is 14.2 Å². The molecule has 0 radical (unpaired) electrons.